The molecule has 84 valence electrons. The van der Waals surface area contributed by atoms with Crippen molar-refractivity contribution < 1.29 is 8.42 Å². The van der Waals surface area contributed by atoms with Gasteiger partial charge < -0.3 is 5.73 Å². The zero-order chi connectivity index (χ0) is 11.3. The number of hydrogen-bond donors (Lipinski definition) is 1. The standard InChI is InChI=1S/C10H16N2O2S/c1-2-7-15(13,14)8-10(11)9-3-5-12-6-4-9/h3-6,10H,2,7-8,11H2,1H3. The minimum atomic E-state index is -3.02. The maximum atomic E-state index is 11.5. The fraction of sp³-hybridized carbons (Fsp3) is 0.500. The lowest BCUT2D eigenvalue weighted by molar-refractivity contribution is 0.587. The number of hydrogen-bond acceptors (Lipinski definition) is 4. The molecule has 5 heteroatoms. The normalized spacial score (nSPS) is 13.7. The van der Waals surface area contributed by atoms with Crippen molar-refractivity contribution in [2.75, 3.05) is 11.5 Å². The third kappa shape index (κ3) is 3.97. The van der Waals surface area contributed by atoms with Crippen molar-refractivity contribution in [2.45, 2.75) is 19.4 Å². The Labute approximate surface area is 90.4 Å². The zero-order valence-corrected chi connectivity index (χ0v) is 9.57. The minimum absolute atomic E-state index is 0.00481. The van der Waals surface area contributed by atoms with Crippen LogP contribution in [0.5, 0.6) is 0 Å². The Balaban J connectivity index is 2.68. The summed E-state index contributed by atoms with van der Waals surface area (Å²) in [4.78, 5) is 3.86. The molecule has 1 unspecified atom stereocenters. The molecule has 1 atom stereocenters. The summed E-state index contributed by atoms with van der Waals surface area (Å²) >= 11 is 0. The van der Waals surface area contributed by atoms with Gasteiger partial charge in [-0.2, -0.15) is 0 Å². The molecule has 0 aliphatic carbocycles. The SMILES string of the molecule is CCCS(=O)(=O)CC(N)c1ccncc1. The van der Waals surface area contributed by atoms with Crippen LogP contribution in [0, 0.1) is 0 Å². The summed E-state index contributed by atoms with van der Waals surface area (Å²) in [5.74, 6) is 0.205. The van der Waals surface area contributed by atoms with Crippen molar-refractivity contribution >= 4 is 9.84 Å². The van der Waals surface area contributed by atoms with Gasteiger partial charge in [-0.25, -0.2) is 8.42 Å². The number of rotatable bonds is 5. The topological polar surface area (TPSA) is 73.0 Å². The van der Waals surface area contributed by atoms with Crippen LogP contribution in [0.4, 0.5) is 0 Å². The van der Waals surface area contributed by atoms with Gasteiger partial charge in [-0.1, -0.05) is 6.92 Å². The summed E-state index contributed by atoms with van der Waals surface area (Å²) < 4.78 is 23.0. The molecule has 0 saturated carbocycles. The summed E-state index contributed by atoms with van der Waals surface area (Å²) in [5, 5.41) is 0. The van der Waals surface area contributed by atoms with E-state index in [-0.39, 0.29) is 11.5 Å². The van der Waals surface area contributed by atoms with Crippen molar-refractivity contribution in [3.05, 3.63) is 30.1 Å². The highest BCUT2D eigenvalue weighted by Crippen LogP contribution is 2.11. The van der Waals surface area contributed by atoms with Gasteiger partial charge in [0.25, 0.3) is 0 Å². The van der Waals surface area contributed by atoms with Crippen molar-refractivity contribution in [2.24, 2.45) is 5.73 Å². The fourth-order valence-corrected chi connectivity index (χ4v) is 2.90. The summed E-state index contributed by atoms with van der Waals surface area (Å²) in [7, 11) is -3.02. The lowest BCUT2D eigenvalue weighted by Gasteiger charge is -2.11. The molecule has 1 rings (SSSR count). The van der Waals surface area contributed by atoms with E-state index in [2.05, 4.69) is 4.98 Å². The Bertz CT molecular complexity index is 389. The number of pyridine rings is 1. The Hall–Kier alpha value is -0.940. The van der Waals surface area contributed by atoms with E-state index in [0.717, 1.165) is 5.56 Å². The zero-order valence-electron chi connectivity index (χ0n) is 8.76. The van der Waals surface area contributed by atoms with Gasteiger partial charge >= 0.3 is 0 Å². The molecule has 15 heavy (non-hydrogen) atoms. The van der Waals surface area contributed by atoms with Crippen LogP contribution in [0.1, 0.15) is 24.9 Å². The van der Waals surface area contributed by atoms with E-state index in [1.807, 2.05) is 6.92 Å². The summed E-state index contributed by atoms with van der Waals surface area (Å²) in [6.07, 6.45) is 3.86. The minimum Gasteiger partial charge on any atom is -0.323 e. The van der Waals surface area contributed by atoms with Crippen molar-refractivity contribution in [1.82, 2.24) is 4.98 Å². The largest absolute Gasteiger partial charge is 0.323 e. The quantitative estimate of drug-likeness (QED) is 0.813. The first kappa shape index (κ1) is 12.1. The molecule has 0 amide bonds. The maximum absolute atomic E-state index is 11.5. The molecule has 0 aliphatic heterocycles. The average Bonchev–Trinajstić information content (AvgIpc) is 2.18. The molecule has 0 aromatic carbocycles. The lowest BCUT2D eigenvalue weighted by atomic mass is 10.1. The van der Waals surface area contributed by atoms with Gasteiger partial charge in [0.2, 0.25) is 0 Å². The molecule has 0 fully saturated rings. The van der Waals surface area contributed by atoms with Crippen LogP contribution in [0.2, 0.25) is 0 Å². The van der Waals surface area contributed by atoms with Gasteiger partial charge in [0.05, 0.1) is 5.75 Å². The van der Waals surface area contributed by atoms with E-state index >= 15 is 0 Å². The van der Waals surface area contributed by atoms with Gasteiger partial charge in [0, 0.05) is 24.2 Å². The Morgan fingerprint density at radius 3 is 2.53 bits per heavy atom. The highest BCUT2D eigenvalue weighted by molar-refractivity contribution is 7.91. The third-order valence-corrected chi connectivity index (χ3v) is 3.98. The van der Waals surface area contributed by atoms with Crippen LogP contribution in [-0.4, -0.2) is 24.9 Å². The van der Waals surface area contributed by atoms with Crippen LogP contribution in [0.15, 0.2) is 24.5 Å². The smallest absolute Gasteiger partial charge is 0.152 e. The Morgan fingerprint density at radius 1 is 1.40 bits per heavy atom. The van der Waals surface area contributed by atoms with Crippen LogP contribution >= 0.6 is 0 Å². The monoisotopic (exact) mass is 228 g/mol. The van der Waals surface area contributed by atoms with Crippen LogP contribution < -0.4 is 5.73 Å². The molecule has 0 radical (unpaired) electrons. The van der Waals surface area contributed by atoms with E-state index in [9.17, 15) is 8.42 Å². The summed E-state index contributed by atoms with van der Waals surface area (Å²) in [5.41, 5.74) is 6.61. The molecule has 0 bridgehead atoms. The molecule has 2 N–H and O–H groups in total. The molecule has 0 aliphatic rings. The van der Waals surface area contributed by atoms with E-state index in [1.54, 1.807) is 24.5 Å². The van der Waals surface area contributed by atoms with Crippen molar-refractivity contribution in [1.29, 1.82) is 0 Å². The second-order valence-electron chi connectivity index (χ2n) is 3.50. The Kier molecular flexibility index (Phi) is 4.23. The lowest BCUT2D eigenvalue weighted by Crippen LogP contribution is -2.23. The first-order valence-corrected chi connectivity index (χ1v) is 6.73. The number of sulfone groups is 1. The second kappa shape index (κ2) is 5.23. The van der Waals surface area contributed by atoms with Gasteiger partial charge in [-0.15, -0.1) is 0 Å². The van der Waals surface area contributed by atoms with E-state index in [0.29, 0.717) is 6.42 Å². The molecule has 1 heterocycles. The van der Waals surface area contributed by atoms with E-state index in [1.165, 1.54) is 0 Å². The second-order valence-corrected chi connectivity index (χ2v) is 5.73. The highest BCUT2D eigenvalue weighted by Gasteiger charge is 2.16. The molecular weight excluding hydrogens is 212 g/mol. The third-order valence-electron chi connectivity index (χ3n) is 2.08. The van der Waals surface area contributed by atoms with Gasteiger partial charge in [0.15, 0.2) is 9.84 Å². The number of aromatic nitrogens is 1. The molecule has 4 nitrogen and oxygen atoms in total. The first-order chi connectivity index (χ1) is 7.05. The van der Waals surface area contributed by atoms with Crippen molar-refractivity contribution in [3.63, 3.8) is 0 Å². The number of nitrogens with zero attached hydrogens (tertiary/aromatic N) is 1. The molecule has 0 spiro atoms. The van der Waals surface area contributed by atoms with Crippen LogP contribution in [-0.2, 0) is 9.84 Å². The van der Waals surface area contributed by atoms with Crippen LogP contribution in [0.25, 0.3) is 0 Å². The molecule has 1 aromatic rings. The van der Waals surface area contributed by atoms with Gasteiger partial charge in [-0.05, 0) is 24.1 Å². The molecule has 1 aromatic heterocycles. The predicted octanol–water partition coefficient (Wildman–Crippen LogP) is 0.906. The fourth-order valence-electron chi connectivity index (χ4n) is 1.37. The van der Waals surface area contributed by atoms with Gasteiger partial charge in [-0.3, -0.25) is 4.98 Å². The maximum Gasteiger partial charge on any atom is 0.152 e. The van der Waals surface area contributed by atoms with Gasteiger partial charge in [0.1, 0.15) is 0 Å². The first-order valence-electron chi connectivity index (χ1n) is 4.91. The number of nitrogens with two attached hydrogens (primary N) is 1. The Morgan fingerprint density at radius 2 is 2.00 bits per heavy atom. The van der Waals surface area contributed by atoms with E-state index < -0.39 is 15.9 Å². The summed E-state index contributed by atoms with van der Waals surface area (Å²) in [6, 6.07) is 3.03. The highest BCUT2D eigenvalue weighted by atomic mass is 32.2. The molecular formula is C10H16N2O2S. The van der Waals surface area contributed by atoms with Crippen LogP contribution in [0.3, 0.4) is 0 Å². The summed E-state index contributed by atoms with van der Waals surface area (Å²) in [6.45, 7) is 1.84. The van der Waals surface area contributed by atoms with Crippen molar-refractivity contribution in [3.8, 4) is 0 Å². The molecule has 0 saturated heterocycles. The predicted molar refractivity (Wildman–Crippen MR) is 60.1 cm³/mol. The average molecular weight is 228 g/mol. The van der Waals surface area contributed by atoms with E-state index in [4.69, 9.17) is 5.73 Å².